The molecule has 2 heterocycles. The Balaban J connectivity index is 1.29. The van der Waals surface area contributed by atoms with Crippen LogP contribution in [0.2, 0.25) is 5.04 Å². The summed E-state index contributed by atoms with van der Waals surface area (Å²) in [6, 6.07) is 26.0. The van der Waals surface area contributed by atoms with E-state index in [1.807, 2.05) is 0 Å². The van der Waals surface area contributed by atoms with Crippen molar-refractivity contribution in [3.8, 4) is 5.75 Å². The predicted molar refractivity (Wildman–Crippen MR) is 156 cm³/mol. The number of nitrogens with zero attached hydrogens (tertiary/aromatic N) is 1. The lowest BCUT2D eigenvalue weighted by molar-refractivity contribution is 0.192. The van der Waals surface area contributed by atoms with Gasteiger partial charge in [0.25, 0.3) is 8.32 Å². The maximum atomic E-state index is 7.38. The van der Waals surface area contributed by atoms with Crippen LogP contribution >= 0.6 is 11.3 Å². The van der Waals surface area contributed by atoms with Crippen LogP contribution in [-0.4, -0.2) is 38.1 Å². The van der Waals surface area contributed by atoms with Crippen LogP contribution in [0.1, 0.15) is 39.2 Å². The molecule has 3 aromatic carbocycles. The first-order chi connectivity index (χ1) is 17.8. The molecule has 1 aromatic heterocycles. The fourth-order valence-electron chi connectivity index (χ4n) is 6.12. The van der Waals surface area contributed by atoms with E-state index in [4.69, 9.17) is 19.9 Å². The summed E-state index contributed by atoms with van der Waals surface area (Å²) in [7, 11) is -2.61. The zero-order valence-electron chi connectivity index (χ0n) is 21.7. The van der Waals surface area contributed by atoms with Crippen LogP contribution in [0.5, 0.6) is 5.75 Å². The first-order valence-electron chi connectivity index (χ1n) is 13.2. The van der Waals surface area contributed by atoms with Gasteiger partial charge in [0.15, 0.2) is 5.13 Å². The molecule has 4 aromatic rings. The lowest BCUT2D eigenvalue weighted by Crippen LogP contribution is -2.67. The van der Waals surface area contributed by atoms with Gasteiger partial charge in [-0.1, -0.05) is 92.8 Å². The van der Waals surface area contributed by atoms with Crippen LogP contribution < -0.4 is 26.2 Å². The molecule has 1 aliphatic carbocycles. The summed E-state index contributed by atoms with van der Waals surface area (Å²) in [5.41, 5.74) is 9.03. The Labute approximate surface area is 224 Å². The number of fused-ring (bicyclic) bond motifs is 3. The van der Waals surface area contributed by atoms with Gasteiger partial charge in [0.2, 0.25) is 0 Å². The SMILES string of the molecule is CC(C)(C)[Si](O[C@@H]1C[C@H](N)[C@H](Nc2nc3c4c(ccc3s2)OCC4)C1)(c1ccccc1)c1ccccc1. The molecule has 37 heavy (non-hydrogen) atoms. The molecule has 0 saturated heterocycles. The van der Waals surface area contributed by atoms with Crippen molar-refractivity contribution in [2.75, 3.05) is 11.9 Å². The Hall–Kier alpha value is -2.71. The first kappa shape index (κ1) is 24.6. The molecule has 7 heteroatoms. The summed E-state index contributed by atoms with van der Waals surface area (Å²) in [4.78, 5) is 4.96. The number of hydrogen-bond acceptors (Lipinski definition) is 6. The summed E-state index contributed by atoms with van der Waals surface area (Å²) in [5.74, 6) is 0.973. The number of benzene rings is 3. The molecule has 2 aliphatic rings. The normalized spacial score (nSPS) is 21.7. The molecule has 3 atom stereocenters. The fourth-order valence-corrected chi connectivity index (χ4v) is 11.8. The minimum atomic E-state index is -2.61. The number of nitrogens with two attached hydrogens (primary N) is 1. The van der Waals surface area contributed by atoms with E-state index in [9.17, 15) is 0 Å². The van der Waals surface area contributed by atoms with Gasteiger partial charge in [0.05, 0.1) is 16.8 Å². The minimum absolute atomic E-state index is 0.00396. The van der Waals surface area contributed by atoms with Crippen LogP contribution in [0, 0.1) is 0 Å². The lowest BCUT2D eigenvalue weighted by Gasteiger charge is -2.44. The number of rotatable bonds is 6. The second-order valence-electron chi connectivity index (χ2n) is 11.3. The third-order valence-electron chi connectivity index (χ3n) is 7.87. The predicted octanol–water partition coefficient (Wildman–Crippen LogP) is 5.08. The van der Waals surface area contributed by atoms with Crippen molar-refractivity contribution in [2.45, 2.75) is 63.3 Å². The highest BCUT2D eigenvalue weighted by Gasteiger charge is 2.52. The Bertz CT molecular complexity index is 1350. The van der Waals surface area contributed by atoms with E-state index in [0.29, 0.717) is 0 Å². The van der Waals surface area contributed by atoms with Crippen LogP contribution in [0.15, 0.2) is 72.8 Å². The standard InChI is InChI=1S/C30H35N3O2SSi/c1-30(2,3)37(21-10-6-4-7-11-21,22-12-8-5-9-13-22)35-20-18-24(31)25(19-20)32-29-33-28-23-16-17-34-26(23)14-15-27(28)36-29/h4-15,20,24-25H,16-19,31H2,1-3H3,(H,32,33)/t20-,24+,25-/m1/s1. The van der Waals surface area contributed by atoms with Crippen LogP contribution in [-0.2, 0) is 10.8 Å². The summed E-state index contributed by atoms with van der Waals surface area (Å²) in [6.07, 6.45) is 2.69. The average Bonchev–Trinajstić information content (AvgIpc) is 3.61. The molecule has 0 bridgehead atoms. The molecule has 0 amide bonds. The fraction of sp³-hybridized carbons (Fsp3) is 0.367. The molecule has 192 valence electrons. The van der Waals surface area contributed by atoms with Crippen molar-refractivity contribution in [1.29, 1.82) is 0 Å². The zero-order chi connectivity index (χ0) is 25.6. The van der Waals surface area contributed by atoms with Crippen molar-refractivity contribution < 1.29 is 9.16 Å². The second-order valence-corrected chi connectivity index (χ2v) is 16.6. The smallest absolute Gasteiger partial charge is 0.261 e. The van der Waals surface area contributed by atoms with Crippen molar-refractivity contribution in [2.24, 2.45) is 5.73 Å². The van der Waals surface area contributed by atoms with E-state index in [1.165, 1.54) is 20.6 Å². The Morgan fingerprint density at radius 1 is 0.973 bits per heavy atom. The monoisotopic (exact) mass is 529 g/mol. The first-order valence-corrected chi connectivity index (χ1v) is 15.9. The summed E-state index contributed by atoms with van der Waals surface area (Å²) in [6.45, 7) is 7.72. The van der Waals surface area contributed by atoms with Gasteiger partial charge in [-0.25, -0.2) is 4.98 Å². The van der Waals surface area contributed by atoms with Crippen molar-refractivity contribution in [1.82, 2.24) is 4.98 Å². The Kier molecular flexibility index (Phi) is 6.35. The van der Waals surface area contributed by atoms with Gasteiger partial charge in [0.1, 0.15) is 5.75 Å². The minimum Gasteiger partial charge on any atom is -0.493 e. The van der Waals surface area contributed by atoms with Gasteiger partial charge in [-0.3, -0.25) is 0 Å². The van der Waals surface area contributed by atoms with E-state index in [-0.39, 0.29) is 23.2 Å². The highest BCUT2D eigenvalue weighted by molar-refractivity contribution is 7.22. The third kappa shape index (κ3) is 4.38. The van der Waals surface area contributed by atoms with Gasteiger partial charge < -0.3 is 20.2 Å². The summed E-state index contributed by atoms with van der Waals surface area (Å²) in [5, 5.41) is 7.17. The number of nitrogens with one attached hydrogen (secondary N) is 1. The molecule has 1 saturated carbocycles. The number of hydrogen-bond donors (Lipinski definition) is 2. The van der Waals surface area contributed by atoms with E-state index in [0.717, 1.165) is 42.3 Å². The van der Waals surface area contributed by atoms with Gasteiger partial charge in [-0.2, -0.15) is 0 Å². The number of ether oxygens (including phenoxy) is 1. The van der Waals surface area contributed by atoms with Crippen LogP contribution in [0.4, 0.5) is 5.13 Å². The molecule has 1 fully saturated rings. The molecule has 6 rings (SSSR count). The maximum Gasteiger partial charge on any atom is 0.261 e. The summed E-state index contributed by atoms with van der Waals surface area (Å²) >= 11 is 1.70. The highest BCUT2D eigenvalue weighted by atomic mass is 32.1. The third-order valence-corrected chi connectivity index (χ3v) is 13.9. The van der Waals surface area contributed by atoms with Crippen molar-refractivity contribution in [3.63, 3.8) is 0 Å². The quantitative estimate of drug-likeness (QED) is 0.341. The second kappa shape index (κ2) is 9.55. The zero-order valence-corrected chi connectivity index (χ0v) is 23.6. The van der Waals surface area contributed by atoms with Crippen LogP contribution in [0.3, 0.4) is 0 Å². The lowest BCUT2D eigenvalue weighted by atomic mass is 10.1. The molecule has 0 unspecified atom stereocenters. The van der Waals surface area contributed by atoms with Gasteiger partial charge in [-0.05, 0) is 40.4 Å². The summed E-state index contributed by atoms with van der Waals surface area (Å²) < 4.78 is 14.3. The molecule has 5 nitrogen and oxygen atoms in total. The largest absolute Gasteiger partial charge is 0.493 e. The molecular formula is C30H35N3O2SSi. The van der Waals surface area contributed by atoms with Gasteiger partial charge in [-0.15, -0.1) is 0 Å². The average molecular weight is 530 g/mol. The van der Waals surface area contributed by atoms with Gasteiger partial charge in [0, 0.05) is 30.2 Å². The maximum absolute atomic E-state index is 7.38. The number of aromatic nitrogens is 1. The highest BCUT2D eigenvalue weighted by Crippen LogP contribution is 2.41. The van der Waals surface area contributed by atoms with Crippen molar-refractivity contribution in [3.05, 3.63) is 78.4 Å². The number of thiazole rings is 1. The molecule has 1 aliphatic heterocycles. The van der Waals surface area contributed by atoms with Gasteiger partial charge >= 0.3 is 0 Å². The molecular weight excluding hydrogens is 495 g/mol. The topological polar surface area (TPSA) is 69.4 Å². The van der Waals surface area contributed by atoms with Crippen LogP contribution in [0.25, 0.3) is 10.2 Å². The van der Waals surface area contributed by atoms with E-state index in [2.05, 4.69) is 98.9 Å². The molecule has 3 N–H and O–H groups in total. The molecule has 0 spiro atoms. The van der Waals surface area contributed by atoms with E-state index < -0.39 is 8.32 Å². The number of anilines is 1. The molecule has 0 radical (unpaired) electrons. The van der Waals surface area contributed by atoms with Crippen molar-refractivity contribution >= 4 is 45.4 Å². The van der Waals surface area contributed by atoms with E-state index >= 15 is 0 Å². The Morgan fingerprint density at radius 3 is 2.30 bits per heavy atom. The van der Waals surface area contributed by atoms with E-state index in [1.54, 1.807) is 11.3 Å². The Morgan fingerprint density at radius 2 is 1.65 bits per heavy atom.